The van der Waals surface area contributed by atoms with Crippen molar-refractivity contribution in [2.24, 2.45) is 0 Å². The van der Waals surface area contributed by atoms with Crippen LogP contribution in [0.1, 0.15) is 16.9 Å². The first-order chi connectivity index (χ1) is 14.5. The third kappa shape index (κ3) is 4.31. The minimum Gasteiger partial charge on any atom is -0.467 e. The molecule has 4 aromatic rings. The Bertz CT molecular complexity index is 1260. The van der Waals surface area contributed by atoms with Crippen molar-refractivity contribution in [3.8, 4) is 0 Å². The average molecular weight is 420 g/mol. The van der Waals surface area contributed by atoms with Crippen molar-refractivity contribution >= 4 is 34.3 Å². The molecule has 0 saturated carbocycles. The summed E-state index contributed by atoms with van der Waals surface area (Å²) in [7, 11) is 0. The number of benzene rings is 2. The van der Waals surface area contributed by atoms with Crippen molar-refractivity contribution in [3.05, 3.63) is 88.1 Å². The number of hydrogen-bond donors (Lipinski definition) is 1. The van der Waals surface area contributed by atoms with E-state index in [1.54, 1.807) is 29.0 Å². The monoisotopic (exact) mass is 419 g/mol. The van der Waals surface area contributed by atoms with Crippen LogP contribution in [0.2, 0.25) is 0 Å². The summed E-state index contributed by atoms with van der Waals surface area (Å²) < 4.78 is 6.96. The zero-order chi connectivity index (χ0) is 21.1. The molecule has 2 aromatic carbocycles. The number of anilines is 1. The third-order valence-electron chi connectivity index (χ3n) is 4.71. The summed E-state index contributed by atoms with van der Waals surface area (Å²) in [6.07, 6.45) is 1.57. The zero-order valence-electron chi connectivity index (χ0n) is 16.7. The quantitative estimate of drug-likeness (QED) is 0.371. The van der Waals surface area contributed by atoms with Gasteiger partial charge in [0.15, 0.2) is 5.16 Å². The van der Waals surface area contributed by atoms with E-state index in [4.69, 9.17) is 4.42 Å². The smallest absolute Gasteiger partial charge is 0.262 e. The summed E-state index contributed by atoms with van der Waals surface area (Å²) in [5.74, 6) is 0.630. The first kappa shape index (κ1) is 20.0. The normalized spacial score (nSPS) is 11.0. The van der Waals surface area contributed by atoms with Crippen LogP contribution in [0.5, 0.6) is 0 Å². The number of hydrogen-bond acceptors (Lipinski definition) is 5. The van der Waals surface area contributed by atoms with Crippen LogP contribution in [-0.2, 0) is 11.3 Å². The molecule has 6 nitrogen and oxygen atoms in total. The summed E-state index contributed by atoms with van der Waals surface area (Å²) in [5, 5.41) is 3.94. The van der Waals surface area contributed by atoms with Crippen molar-refractivity contribution in [1.29, 1.82) is 0 Å². The summed E-state index contributed by atoms with van der Waals surface area (Å²) >= 11 is 1.23. The van der Waals surface area contributed by atoms with Gasteiger partial charge < -0.3 is 9.73 Å². The van der Waals surface area contributed by atoms with Crippen LogP contribution in [0.25, 0.3) is 10.9 Å². The van der Waals surface area contributed by atoms with Gasteiger partial charge in [-0.25, -0.2) is 4.98 Å². The summed E-state index contributed by atoms with van der Waals surface area (Å²) in [6.45, 7) is 4.23. The topological polar surface area (TPSA) is 77.1 Å². The zero-order valence-corrected chi connectivity index (χ0v) is 17.5. The fraction of sp³-hybridized carbons (Fsp3) is 0.174. The Morgan fingerprint density at radius 1 is 1.13 bits per heavy atom. The number of furan rings is 1. The maximum Gasteiger partial charge on any atom is 0.262 e. The molecule has 0 atom stereocenters. The van der Waals surface area contributed by atoms with E-state index in [0.29, 0.717) is 21.8 Å². The molecule has 30 heavy (non-hydrogen) atoms. The molecule has 0 fully saturated rings. The number of amides is 1. The molecule has 0 aliphatic rings. The number of carbonyl (C=O) groups excluding carboxylic acids is 1. The highest BCUT2D eigenvalue weighted by Gasteiger charge is 2.15. The molecule has 0 aliphatic carbocycles. The van der Waals surface area contributed by atoms with E-state index < -0.39 is 0 Å². The van der Waals surface area contributed by atoms with Gasteiger partial charge in [0, 0.05) is 5.69 Å². The van der Waals surface area contributed by atoms with E-state index >= 15 is 0 Å². The highest BCUT2D eigenvalue weighted by molar-refractivity contribution is 7.99. The number of carbonyl (C=O) groups is 1. The Morgan fingerprint density at radius 2 is 1.97 bits per heavy atom. The number of thioether (sulfide) groups is 1. The van der Waals surface area contributed by atoms with Crippen molar-refractivity contribution in [2.45, 2.75) is 25.5 Å². The molecule has 152 valence electrons. The number of aromatic nitrogens is 2. The molecule has 0 radical (unpaired) electrons. The fourth-order valence-electron chi connectivity index (χ4n) is 3.23. The van der Waals surface area contributed by atoms with Gasteiger partial charge in [-0.15, -0.1) is 0 Å². The van der Waals surface area contributed by atoms with Gasteiger partial charge in [0.2, 0.25) is 5.91 Å². The second kappa shape index (κ2) is 8.59. The van der Waals surface area contributed by atoms with E-state index in [1.807, 2.05) is 50.2 Å². The lowest BCUT2D eigenvalue weighted by atomic mass is 10.1. The number of nitrogens with one attached hydrogen (secondary N) is 1. The molecule has 7 heteroatoms. The van der Waals surface area contributed by atoms with E-state index in [1.165, 1.54) is 11.8 Å². The van der Waals surface area contributed by atoms with Crippen LogP contribution in [0.15, 0.2) is 75.2 Å². The van der Waals surface area contributed by atoms with Gasteiger partial charge in [0.25, 0.3) is 5.56 Å². The second-order valence-electron chi connectivity index (χ2n) is 7.04. The van der Waals surface area contributed by atoms with Gasteiger partial charge in [-0.3, -0.25) is 14.2 Å². The molecule has 0 spiro atoms. The van der Waals surface area contributed by atoms with E-state index in [2.05, 4.69) is 10.3 Å². The maximum absolute atomic E-state index is 13.1. The Morgan fingerprint density at radius 3 is 2.73 bits per heavy atom. The fourth-order valence-corrected chi connectivity index (χ4v) is 4.02. The van der Waals surface area contributed by atoms with Crippen LogP contribution in [0, 0.1) is 13.8 Å². The van der Waals surface area contributed by atoms with Gasteiger partial charge in [0.05, 0.1) is 29.5 Å². The van der Waals surface area contributed by atoms with Crippen LogP contribution in [-0.4, -0.2) is 21.2 Å². The molecule has 2 heterocycles. The van der Waals surface area contributed by atoms with E-state index in [9.17, 15) is 9.59 Å². The lowest BCUT2D eigenvalue weighted by Gasteiger charge is -2.13. The molecular formula is C23H21N3O3S. The standard InChI is InChI=1S/C23H21N3O3S/c1-15-9-10-19(16(2)12-15)24-21(27)14-30-23-25-20-8-4-3-7-18(20)22(28)26(23)13-17-6-5-11-29-17/h3-12H,13-14H2,1-2H3,(H,24,27). The molecule has 0 unspecified atom stereocenters. The van der Waals surface area contributed by atoms with Gasteiger partial charge >= 0.3 is 0 Å². The van der Waals surface area contributed by atoms with Crippen molar-refractivity contribution in [1.82, 2.24) is 9.55 Å². The number of rotatable bonds is 6. The van der Waals surface area contributed by atoms with Crippen LogP contribution < -0.4 is 10.9 Å². The summed E-state index contributed by atoms with van der Waals surface area (Å²) in [6, 6.07) is 16.7. The molecule has 0 saturated heterocycles. The highest BCUT2D eigenvalue weighted by atomic mass is 32.2. The third-order valence-corrected chi connectivity index (χ3v) is 5.69. The lowest BCUT2D eigenvalue weighted by Crippen LogP contribution is -2.24. The van der Waals surface area contributed by atoms with Crippen molar-refractivity contribution in [2.75, 3.05) is 11.1 Å². The molecule has 2 aromatic heterocycles. The molecule has 4 rings (SSSR count). The molecular weight excluding hydrogens is 398 g/mol. The van der Waals surface area contributed by atoms with Crippen LogP contribution >= 0.6 is 11.8 Å². The molecule has 1 amide bonds. The minimum absolute atomic E-state index is 0.135. The van der Waals surface area contributed by atoms with E-state index in [0.717, 1.165) is 16.8 Å². The Hall–Kier alpha value is -3.32. The maximum atomic E-state index is 13.1. The van der Waals surface area contributed by atoms with Gasteiger partial charge in [-0.2, -0.15) is 0 Å². The summed E-state index contributed by atoms with van der Waals surface area (Å²) in [5.41, 5.74) is 3.38. The van der Waals surface area contributed by atoms with Gasteiger partial charge in [-0.1, -0.05) is 41.6 Å². The lowest BCUT2D eigenvalue weighted by molar-refractivity contribution is -0.113. The minimum atomic E-state index is -0.158. The largest absolute Gasteiger partial charge is 0.467 e. The Labute approximate surface area is 177 Å². The first-order valence-corrected chi connectivity index (χ1v) is 10.5. The number of aryl methyl sites for hydroxylation is 2. The predicted octanol–water partition coefficient (Wildman–Crippen LogP) is 4.39. The van der Waals surface area contributed by atoms with Gasteiger partial charge in [-0.05, 0) is 49.7 Å². The highest BCUT2D eigenvalue weighted by Crippen LogP contribution is 2.21. The van der Waals surface area contributed by atoms with E-state index in [-0.39, 0.29) is 23.8 Å². The molecule has 0 bridgehead atoms. The van der Waals surface area contributed by atoms with Gasteiger partial charge in [0.1, 0.15) is 5.76 Å². The SMILES string of the molecule is Cc1ccc(NC(=O)CSc2nc3ccccc3c(=O)n2Cc2ccco2)c(C)c1. The van der Waals surface area contributed by atoms with Crippen LogP contribution in [0.3, 0.4) is 0 Å². The van der Waals surface area contributed by atoms with Crippen LogP contribution in [0.4, 0.5) is 5.69 Å². The Kier molecular flexibility index (Phi) is 5.72. The van der Waals surface area contributed by atoms with Crippen molar-refractivity contribution in [3.63, 3.8) is 0 Å². The Balaban J connectivity index is 1.59. The number of fused-ring (bicyclic) bond motifs is 1. The second-order valence-corrected chi connectivity index (χ2v) is 7.98. The average Bonchev–Trinajstić information content (AvgIpc) is 3.24. The first-order valence-electron chi connectivity index (χ1n) is 9.53. The number of nitrogens with zero attached hydrogens (tertiary/aromatic N) is 2. The van der Waals surface area contributed by atoms with Crippen molar-refractivity contribution < 1.29 is 9.21 Å². The summed E-state index contributed by atoms with van der Waals surface area (Å²) in [4.78, 5) is 30.2. The number of para-hydroxylation sites is 1. The molecule has 1 N–H and O–H groups in total. The predicted molar refractivity (Wildman–Crippen MR) is 119 cm³/mol. The molecule has 0 aliphatic heterocycles.